The number of rotatable bonds is 3. The summed E-state index contributed by atoms with van der Waals surface area (Å²) in [7, 11) is 4.04. The van der Waals surface area contributed by atoms with E-state index in [1.165, 1.54) is 15.9 Å². The van der Waals surface area contributed by atoms with Crippen LogP contribution in [0.3, 0.4) is 0 Å². The van der Waals surface area contributed by atoms with Gasteiger partial charge in [0, 0.05) is 20.4 Å². The molecule has 0 aliphatic heterocycles. The van der Waals surface area contributed by atoms with Crippen LogP contribution in [0.15, 0.2) is 91.0 Å². The van der Waals surface area contributed by atoms with Crippen LogP contribution in [0, 0.1) is 0 Å². The summed E-state index contributed by atoms with van der Waals surface area (Å²) in [6.07, 6.45) is 0. The van der Waals surface area contributed by atoms with Crippen molar-refractivity contribution < 1.29 is 38.6 Å². The molecule has 0 fully saturated rings. The fraction of sp³-hybridized carbons (Fsp3) is 0. The molecule has 22 heavy (non-hydrogen) atoms. The second kappa shape index (κ2) is 11.3. The van der Waals surface area contributed by atoms with Crippen LogP contribution in [0.1, 0.15) is 0 Å². The van der Waals surface area contributed by atoms with Crippen LogP contribution in [0.2, 0.25) is 0 Å². The fourth-order valence-electron chi connectivity index (χ4n) is 2.18. The quantitative estimate of drug-likeness (QED) is 0.367. The van der Waals surface area contributed by atoms with Crippen LogP contribution < -0.4 is 15.9 Å². The van der Waals surface area contributed by atoms with E-state index >= 15 is 0 Å². The van der Waals surface area contributed by atoms with Crippen LogP contribution in [-0.4, -0.2) is 0 Å². The van der Waals surface area contributed by atoms with Gasteiger partial charge in [-0.3, -0.25) is 0 Å². The van der Waals surface area contributed by atoms with Gasteiger partial charge < -0.3 is 0 Å². The maximum absolute atomic E-state index is 4.49. The molecule has 0 aliphatic rings. The number of hydrogen-bond donors (Lipinski definition) is 0. The fourth-order valence-corrected chi connectivity index (χ4v) is 4.48. The first-order chi connectivity index (χ1) is 10.4. The minimum absolute atomic E-state index is 0. The molecule has 0 saturated carbocycles. The van der Waals surface area contributed by atoms with Crippen LogP contribution in [-0.2, 0) is 38.6 Å². The molecule has 0 saturated heterocycles. The first-order valence-electron chi connectivity index (χ1n) is 6.52. The van der Waals surface area contributed by atoms with E-state index in [0.29, 0.717) is 0 Å². The molecule has 0 atom stereocenters. The molecule has 4 heteroatoms. The Labute approximate surface area is 162 Å². The molecule has 0 heterocycles. The third-order valence-corrected chi connectivity index (χ3v) is 5.49. The summed E-state index contributed by atoms with van der Waals surface area (Å²) >= 11 is 2.22. The van der Waals surface area contributed by atoms with Gasteiger partial charge in [-0.05, 0) is 23.8 Å². The standard InChI is InChI=1S/C18H15P.ClH.2Pd/c1-4-10-16(11-5-1)19(17-12-6-2-7-13-17)18-14-8-3-9-15-18;;;/h1-15H;1H;;/q;;;+1/p-1. The molecule has 3 aromatic carbocycles. The van der Waals surface area contributed by atoms with Crippen molar-refractivity contribution in [3.8, 4) is 0 Å². The van der Waals surface area contributed by atoms with E-state index in [9.17, 15) is 0 Å². The molecule has 0 amide bonds. The first-order valence-corrected chi connectivity index (χ1v) is 9.87. The van der Waals surface area contributed by atoms with E-state index in [0.717, 1.165) is 0 Å². The zero-order chi connectivity index (χ0) is 14.9. The van der Waals surface area contributed by atoms with Gasteiger partial charge in [0.15, 0.2) is 0 Å². The molecule has 0 bridgehead atoms. The molecule has 0 aliphatic carbocycles. The third-order valence-electron chi connectivity index (χ3n) is 3.04. The van der Waals surface area contributed by atoms with Gasteiger partial charge in [0.25, 0.3) is 0 Å². The minimum atomic E-state index is -0.446. The molecule has 0 unspecified atom stereocenters. The predicted octanol–water partition coefficient (Wildman–Crippen LogP) is 4.13. The van der Waals surface area contributed by atoms with Crippen molar-refractivity contribution in [1.82, 2.24) is 0 Å². The van der Waals surface area contributed by atoms with Crippen molar-refractivity contribution in [1.29, 1.82) is 0 Å². The van der Waals surface area contributed by atoms with Gasteiger partial charge in [0.1, 0.15) is 0 Å². The van der Waals surface area contributed by atoms with E-state index in [-0.39, 0.29) is 20.4 Å². The largest absolute Gasteiger partial charge is 0.0622 e. The second-order valence-electron chi connectivity index (χ2n) is 4.34. The Bertz CT molecular complexity index is 539. The van der Waals surface area contributed by atoms with Crippen molar-refractivity contribution in [2.24, 2.45) is 0 Å². The average Bonchev–Trinajstić information content (AvgIpc) is 2.60. The Morgan fingerprint density at radius 1 is 0.500 bits per heavy atom. The van der Waals surface area contributed by atoms with Gasteiger partial charge in [-0.1, -0.05) is 91.0 Å². The smallest absolute Gasteiger partial charge is 0 e. The molecule has 0 spiro atoms. The Morgan fingerprint density at radius 2 is 0.727 bits per heavy atom. The molecule has 119 valence electrons. The maximum Gasteiger partial charge on any atom is 0 e. The molecular formula is C18H15ClPPd2. The van der Waals surface area contributed by atoms with E-state index < -0.39 is 7.92 Å². The third kappa shape index (κ3) is 5.41. The van der Waals surface area contributed by atoms with Crippen LogP contribution in [0.25, 0.3) is 0 Å². The van der Waals surface area contributed by atoms with Crippen LogP contribution in [0.4, 0.5) is 0 Å². The molecule has 0 radical (unpaired) electrons. The summed E-state index contributed by atoms with van der Waals surface area (Å²) in [5.74, 6) is 0. The summed E-state index contributed by atoms with van der Waals surface area (Å²) in [5, 5.41) is 4.19. The van der Waals surface area contributed by atoms with Gasteiger partial charge in [-0.15, -0.1) is 0 Å². The minimum Gasteiger partial charge on any atom is -0.0622 e. The topological polar surface area (TPSA) is 0 Å². The van der Waals surface area contributed by atoms with Gasteiger partial charge >= 0.3 is 27.7 Å². The Hall–Kier alpha value is -0.295. The van der Waals surface area contributed by atoms with E-state index in [2.05, 4.69) is 119 Å². The van der Waals surface area contributed by atoms with Gasteiger partial charge in [0.05, 0.1) is 0 Å². The van der Waals surface area contributed by atoms with Crippen molar-refractivity contribution in [3.05, 3.63) is 91.0 Å². The molecular weight excluding hydrogens is 495 g/mol. The summed E-state index contributed by atoms with van der Waals surface area (Å²) in [4.78, 5) is 0. The molecule has 0 N–H and O–H groups in total. The zero-order valence-electron chi connectivity index (χ0n) is 11.6. The molecule has 0 nitrogen and oxygen atoms in total. The van der Waals surface area contributed by atoms with Gasteiger partial charge in [0.2, 0.25) is 0 Å². The summed E-state index contributed by atoms with van der Waals surface area (Å²) in [6, 6.07) is 32.3. The number of halogens is 1. The Kier molecular flexibility index (Phi) is 10.1. The zero-order valence-corrected chi connectivity index (χ0v) is 16.4. The van der Waals surface area contributed by atoms with Gasteiger partial charge in [-0.25, -0.2) is 0 Å². The first kappa shape index (κ1) is 19.8. The number of hydrogen-bond acceptors (Lipinski definition) is 0. The summed E-state index contributed by atoms with van der Waals surface area (Å²) in [5.41, 5.74) is 0. The van der Waals surface area contributed by atoms with Crippen molar-refractivity contribution in [2.45, 2.75) is 0 Å². The Morgan fingerprint density at radius 3 is 0.955 bits per heavy atom. The average molecular weight is 511 g/mol. The SMILES string of the molecule is [Cl][Pd].[Pd].c1ccc(P(c2ccccc2)c2ccccc2)cc1. The van der Waals surface area contributed by atoms with Gasteiger partial charge in [-0.2, -0.15) is 0 Å². The molecule has 0 aromatic heterocycles. The van der Waals surface area contributed by atoms with Crippen molar-refractivity contribution in [2.75, 3.05) is 0 Å². The summed E-state index contributed by atoms with van der Waals surface area (Å²) in [6.45, 7) is 0. The van der Waals surface area contributed by atoms with Crippen molar-refractivity contribution >= 4 is 33.4 Å². The van der Waals surface area contributed by atoms with Crippen LogP contribution in [0.5, 0.6) is 0 Å². The van der Waals surface area contributed by atoms with E-state index in [1.54, 1.807) is 0 Å². The van der Waals surface area contributed by atoms with Crippen molar-refractivity contribution in [3.63, 3.8) is 0 Å². The normalized spacial score (nSPS) is 9.45. The maximum atomic E-state index is 4.49. The molecule has 3 aromatic rings. The number of benzene rings is 3. The molecule has 3 rings (SSSR count). The van der Waals surface area contributed by atoms with Crippen LogP contribution >= 0.6 is 17.5 Å². The van der Waals surface area contributed by atoms with E-state index in [4.69, 9.17) is 0 Å². The predicted molar refractivity (Wildman–Crippen MR) is 91.0 cm³/mol. The monoisotopic (exact) mass is 509 g/mol. The Balaban J connectivity index is 0.000000775. The summed E-state index contributed by atoms with van der Waals surface area (Å²) < 4.78 is 0. The van der Waals surface area contributed by atoms with E-state index in [1.807, 2.05) is 0 Å². The second-order valence-corrected chi connectivity index (χ2v) is 6.56.